The molecule has 0 saturated carbocycles. The summed E-state index contributed by atoms with van der Waals surface area (Å²) in [6, 6.07) is 8.97. The van der Waals surface area contributed by atoms with Crippen molar-refractivity contribution in [2.45, 2.75) is 70.5 Å². The second kappa shape index (κ2) is 10.8. The molecule has 32 heavy (non-hydrogen) atoms. The molecule has 0 aliphatic carbocycles. The normalized spacial score (nSPS) is 12.9. The summed E-state index contributed by atoms with van der Waals surface area (Å²) >= 11 is 0. The van der Waals surface area contributed by atoms with Crippen molar-refractivity contribution in [3.8, 4) is 0 Å². The van der Waals surface area contributed by atoms with Gasteiger partial charge in [0.15, 0.2) is 0 Å². The third kappa shape index (κ3) is 6.93. The lowest BCUT2D eigenvalue weighted by Crippen LogP contribution is -2.55. The number of rotatable bonds is 11. The maximum atomic E-state index is 13.1. The molecule has 1 aromatic heterocycles. The zero-order valence-corrected chi connectivity index (χ0v) is 20.2. The number of furan rings is 1. The van der Waals surface area contributed by atoms with Crippen molar-refractivity contribution < 1.29 is 22.4 Å². The molecule has 2 rings (SSSR count). The van der Waals surface area contributed by atoms with Crippen molar-refractivity contribution >= 4 is 21.8 Å². The topological polar surface area (TPSA) is 109 Å². The predicted molar refractivity (Wildman–Crippen MR) is 122 cm³/mol. The van der Waals surface area contributed by atoms with Crippen LogP contribution in [0.25, 0.3) is 0 Å². The number of nitrogens with zero attached hydrogens (tertiary/aromatic N) is 1. The van der Waals surface area contributed by atoms with E-state index in [2.05, 4.69) is 10.0 Å². The Morgan fingerprint density at radius 1 is 1.12 bits per heavy atom. The molecule has 0 spiro atoms. The first kappa shape index (κ1) is 25.6. The first-order chi connectivity index (χ1) is 15.0. The van der Waals surface area contributed by atoms with E-state index in [4.69, 9.17) is 4.42 Å². The number of hydrogen-bond donors (Lipinski definition) is 2. The summed E-state index contributed by atoms with van der Waals surface area (Å²) in [5, 5.41) is 2.97. The fourth-order valence-electron chi connectivity index (χ4n) is 3.05. The van der Waals surface area contributed by atoms with Crippen LogP contribution < -0.4 is 10.0 Å². The molecular formula is C23H33N3O5S. The zero-order chi connectivity index (χ0) is 23.9. The van der Waals surface area contributed by atoms with Crippen LogP contribution in [0.1, 0.15) is 51.9 Å². The van der Waals surface area contributed by atoms with Gasteiger partial charge in [0.25, 0.3) is 0 Å². The van der Waals surface area contributed by atoms with Crippen LogP contribution >= 0.6 is 0 Å². The van der Waals surface area contributed by atoms with E-state index in [0.717, 1.165) is 12.0 Å². The molecule has 176 valence electrons. The van der Waals surface area contributed by atoms with Crippen LogP contribution in [0.5, 0.6) is 0 Å². The summed E-state index contributed by atoms with van der Waals surface area (Å²) in [5.41, 5.74) is 0.494. The van der Waals surface area contributed by atoms with Crippen LogP contribution in [-0.2, 0) is 26.2 Å². The minimum atomic E-state index is -3.87. The Bertz CT molecular complexity index is 999. The Morgan fingerprint density at radius 2 is 1.78 bits per heavy atom. The number of carbonyl (C=O) groups is 2. The second-order valence-electron chi connectivity index (χ2n) is 8.39. The molecule has 0 unspecified atom stereocenters. The summed E-state index contributed by atoms with van der Waals surface area (Å²) in [6.07, 6.45) is 2.57. The molecule has 1 heterocycles. The fraction of sp³-hybridized carbons (Fsp3) is 0.478. The summed E-state index contributed by atoms with van der Waals surface area (Å²) in [5.74, 6) is -0.310. The van der Waals surface area contributed by atoms with Gasteiger partial charge in [-0.25, -0.2) is 13.1 Å². The maximum absolute atomic E-state index is 13.1. The molecule has 8 nitrogen and oxygen atoms in total. The molecule has 2 aromatic rings. The lowest BCUT2D eigenvalue weighted by molar-refractivity contribution is -0.141. The Labute approximate surface area is 190 Å². The SMILES string of the molecule is CC[C@@H](C(=O)NC(C)(C)CC)N(Cc1ccco1)C(=O)CNS(=O)(=O)c1ccc(C)cc1. The molecule has 2 N–H and O–H groups in total. The molecule has 2 amide bonds. The van der Waals surface area contributed by atoms with Crippen molar-refractivity contribution in [3.63, 3.8) is 0 Å². The van der Waals surface area contributed by atoms with Crippen molar-refractivity contribution in [2.24, 2.45) is 0 Å². The molecule has 0 radical (unpaired) electrons. The highest BCUT2D eigenvalue weighted by atomic mass is 32.2. The first-order valence-electron chi connectivity index (χ1n) is 10.7. The van der Waals surface area contributed by atoms with E-state index in [0.29, 0.717) is 12.2 Å². The van der Waals surface area contributed by atoms with Gasteiger partial charge >= 0.3 is 0 Å². The Morgan fingerprint density at radius 3 is 2.31 bits per heavy atom. The standard InChI is InChI=1S/C23H33N3O5S/c1-6-20(22(28)25-23(4,5)7-2)26(16-18-9-8-14-31-18)21(27)15-24-32(29,30)19-12-10-17(3)11-13-19/h8-14,20,24H,6-7,15-16H2,1-5H3,(H,25,28)/t20-/m0/s1. The summed E-state index contributed by atoms with van der Waals surface area (Å²) < 4.78 is 32.9. The number of carbonyl (C=O) groups excluding carboxylic acids is 2. The van der Waals surface area contributed by atoms with Gasteiger partial charge in [-0.05, 0) is 57.9 Å². The van der Waals surface area contributed by atoms with Gasteiger partial charge in [0.2, 0.25) is 21.8 Å². The van der Waals surface area contributed by atoms with E-state index in [1.165, 1.54) is 23.3 Å². The van der Waals surface area contributed by atoms with Gasteiger partial charge in [-0.15, -0.1) is 0 Å². The molecule has 0 fully saturated rings. The maximum Gasteiger partial charge on any atom is 0.243 e. The van der Waals surface area contributed by atoms with Crippen LogP contribution in [0.3, 0.4) is 0 Å². The average molecular weight is 464 g/mol. The lowest BCUT2D eigenvalue weighted by atomic mass is 10.0. The number of aryl methyl sites for hydroxylation is 1. The third-order valence-corrected chi connectivity index (χ3v) is 6.80. The average Bonchev–Trinajstić information content (AvgIpc) is 3.25. The van der Waals surface area contributed by atoms with Crippen LogP contribution in [0.4, 0.5) is 0 Å². The van der Waals surface area contributed by atoms with E-state index in [9.17, 15) is 18.0 Å². The van der Waals surface area contributed by atoms with Gasteiger partial charge in [-0.2, -0.15) is 0 Å². The van der Waals surface area contributed by atoms with E-state index >= 15 is 0 Å². The van der Waals surface area contributed by atoms with Gasteiger partial charge in [0.1, 0.15) is 11.8 Å². The second-order valence-corrected chi connectivity index (χ2v) is 10.2. The minimum absolute atomic E-state index is 0.0522. The Balaban J connectivity index is 2.21. The van der Waals surface area contributed by atoms with E-state index in [-0.39, 0.29) is 17.3 Å². The monoisotopic (exact) mass is 463 g/mol. The van der Waals surface area contributed by atoms with Crippen molar-refractivity contribution in [3.05, 3.63) is 54.0 Å². The van der Waals surface area contributed by atoms with Gasteiger partial charge in [0.05, 0.1) is 24.2 Å². The summed E-state index contributed by atoms with van der Waals surface area (Å²) in [6.45, 7) is 9.02. The quantitative estimate of drug-likeness (QED) is 0.533. The summed E-state index contributed by atoms with van der Waals surface area (Å²) in [4.78, 5) is 27.6. The van der Waals surface area contributed by atoms with Crippen molar-refractivity contribution in [1.29, 1.82) is 0 Å². The van der Waals surface area contributed by atoms with Gasteiger partial charge in [-0.3, -0.25) is 9.59 Å². The number of hydrogen-bond acceptors (Lipinski definition) is 5. The Hall–Kier alpha value is -2.65. The van der Waals surface area contributed by atoms with Gasteiger partial charge in [0, 0.05) is 5.54 Å². The number of amides is 2. The predicted octanol–water partition coefficient (Wildman–Crippen LogP) is 2.98. The Kier molecular flexibility index (Phi) is 8.63. The lowest BCUT2D eigenvalue weighted by Gasteiger charge is -2.33. The van der Waals surface area contributed by atoms with E-state index in [1.807, 2.05) is 34.6 Å². The molecule has 0 aliphatic rings. The molecular weight excluding hydrogens is 430 g/mol. The van der Waals surface area contributed by atoms with Gasteiger partial charge in [-0.1, -0.05) is 31.5 Å². The minimum Gasteiger partial charge on any atom is -0.467 e. The third-order valence-electron chi connectivity index (χ3n) is 5.38. The van der Waals surface area contributed by atoms with Crippen LogP contribution in [-0.4, -0.2) is 43.3 Å². The van der Waals surface area contributed by atoms with E-state index < -0.39 is 34.1 Å². The molecule has 0 saturated heterocycles. The first-order valence-corrected chi connectivity index (χ1v) is 12.2. The van der Waals surface area contributed by atoms with Gasteiger partial charge < -0.3 is 14.6 Å². The largest absolute Gasteiger partial charge is 0.467 e. The molecule has 1 atom stereocenters. The number of sulfonamides is 1. The number of nitrogens with one attached hydrogen (secondary N) is 2. The number of benzene rings is 1. The molecule has 0 aliphatic heterocycles. The molecule has 1 aromatic carbocycles. The fourth-order valence-corrected chi connectivity index (χ4v) is 4.03. The van der Waals surface area contributed by atoms with Crippen LogP contribution in [0.15, 0.2) is 52.0 Å². The van der Waals surface area contributed by atoms with Crippen LogP contribution in [0, 0.1) is 6.92 Å². The van der Waals surface area contributed by atoms with E-state index in [1.54, 1.807) is 24.3 Å². The van der Waals surface area contributed by atoms with Crippen molar-refractivity contribution in [2.75, 3.05) is 6.54 Å². The highest BCUT2D eigenvalue weighted by Gasteiger charge is 2.32. The summed E-state index contributed by atoms with van der Waals surface area (Å²) in [7, 11) is -3.87. The highest BCUT2D eigenvalue weighted by molar-refractivity contribution is 7.89. The van der Waals surface area contributed by atoms with Crippen molar-refractivity contribution in [1.82, 2.24) is 14.9 Å². The smallest absolute Gasteiger partial charge is 0.243 e. The van der Waals surface area contributed by atoms with Crippen LogP contribution in [0.2, 0.25) is 0 Å². The molecule has 0 bridgehead atoms. The zero-order valence-electron chi connectivity index (χ0n) is 19.3. The highest BCUT2D eigenvalue weighted by Crippen LogP contribution is 2.16. The molecule has 9 heteroatoms.